The van der Waals surface area contributed by atoms with Gasteiger partial charge in [0.1, 0.15) is 17.5 Å². The van der Waals surface area contributed by atoms with Crippen LogP contribution in [-0.4, -0.2) is 46.1 Å². The van der Waals surface area contributed by atoms with Gasteiger partial charge >= 0.3 is 12.4 Å². The Labute approximate surface area is 242 Å². The molecule has 0 radical (unpaired) electrons. The minimum atomic E-state index is -4.84. The van der Waals surface area contributed by atoms with E-state index in [1.54, 1.807) is 17.2 Å². The van der Waals surface area contributed by atoms with Gasteiger partial charge in [0, 0.05) is 41.7 Å². The number of H-pyrrole nitrogens is 2. The van der Waals surface area contributed by atoms with Crippen LogP contribution in [0.4, 0.5) is 36.4 Å². The fraction of sp³-hybridized carbons (Fsp3) is 0.400. The largest absolute Gasteiger partial charge is 0.419 e. The Morgan fingerprint density at radius 3 is 1.74 bits per heavy atom. The Bertz CT molecular complexity index is 1570. The Morgan fingerprint density at radius 2 is 1.19 bits per heavy atom. The van der Waals surface area contributed by atoms with E-state index in [9.17, 15) is 30.7 Å². The zero-order valence-electron chi connectivity index (χ0n) is 22.9. The van der Waals surface area contributed by atoms with Crippen molar-refractivity contribution in [1.82, 2.24) is 25.3 Å². The molecule has 6 nitrogen and oxygen atoms in total. The van der Waals surface area contributed by atoms with E-state index in [1.807, 2.05) is 0 Å². The standard InChI is InChI=1S/C30H29F7N6/c31-23-3-1-19(13-21(23)29(32,33)34)24-15-40-28(42-24)18-7-11-43(12-8-18)26-4-2-20(14-22(26)30(35,36)37)25-16-39-27(41-25)17-5-9-38-10-6-17/h1-4,13-18,38H,5-12H2,(H,39,41)(H,40,42). The lowest BCUT2D eigenvalue weighted by atomic mass is 9.94. The zero-order valence-corrected chi connectivity index (χ0v) is 22.9. The summed E-state index contributed by atoms with van der Waals surface area (Å²) in [6, 6.07) is 7.08. The molecule has 0 aliphatic carbocycles. The van der Waals surface area contributed by atoms with Gasteiger partial charge in [-0.15, -0.1) is 0 Å². The van der Waals surface area contributed by atoms with Crippen molar-refractivity contribution in [3.05, 3.63) is 77.4 Å². The third-order valence-corrected chi connectivity index (χ3v) is 8.33. The van der Waals surface area contributed by atoms with Gasteiger partial charge in [0.05, 0.1) is 34.9 Å². The number of aromatic amines is 2. The maximum absolute atomic E-state index is 14.3. The molecule has 0 spiro atoms. The summed E-state index contributed by atoms with van der Waals surface area (Å²) >= 11 is 0. The second-order valence-electron chi connectivity index (χ2n) is 11.1. The molecule has 43 heavy (non-hydrogen) atoms. The monoisotopic (exact) mass is 606 g/mol. The molecule has 2 aliphatic rings. The lowest BCUT2D eigenvalue weighted by molar-refractivity contribution is -0.140. The van der Waals surface area contributed by atoms with Crippen LogP contribution in [0.3, 0.4) is 0 Å². The summed E-state index contributed by atoms with van der Waals surface area (Å²) in [5, 5.41) is 3.29. The van der Waals surface area contributed by atoms with Gasteiger partial charge in [0.25, 0.3) is 0 Å². The van der Waals surface area contributed by atoms with Gasteiger partial charge in [-0.05, 0) is 69.1 Å². The van der Waals surface area contributed by atoms with E-state index in [1.165, 1.54) is 18.3 Å². The van der Waals surface area contributed by atoms with Crippen molar-refractivity contribution < 1.29 is 30.7 Å². The first-order valence-electron chi connectivity index (χ1n) is 14.1. The van der Waals surface area contributed by atoms with Crippen LogP contribution in [0.25, 0.3) is 22.5 Å². The number of nitrogens with one attached hydrogen (secondary N) is 3. The van der Waals surface area contributed by atoms with Gasteiger partial charge in [-0.3, -0.25) is 0 Å². The number of halogens is 7. The van der Waals surface area contributed by atoms with Gasteiger partial charge in [-0.2, -0.15) is 26.3 Å². The van der Waals surface area contributed by atoms with Crippen LogP contribution in [0.2, 0.25) is 0 Å². The van der Waals surface area contributed by atoms with Crippen molar-refractivity contribution in [3.8, 4) is 22.5 Å². The van der Waals surface area contributed by atoms with Crippen molar-refractivity contribution in [2.75, 3.05) is 31.1 Å². The van der Waals surface area contributed by atoms with Crippen LogP contribution in [0.15, 0.2) is 48.8 Å². The molecule has 4 heterocycles. The van der Waals surface area contributed by atoms with Gasteiger partial charge in [0.2, 0.25) is 0 Å². The Balaban J connectivity index is 1.17. The summed E-state index contributed by atoms with van der Waals surface area (Å²) in [7, 11) is 0. The molecule has 13 heteroatoms. The number of rotatable bonds is 5. The second kappa shape index (κ2) is 11.3. The fourth-order valence-corrected chi connectivity index (χ4v) is 5.99. The molecule has 0 atom stereocenters. The van der Waals surface area contributed by atoms with E-state index < -0.39 is 29.3 Å². The summed E-state index contributed by atoms with van der Waals surface area (Å²) in [5.74, 6) is 0.0804. The van der Waals surface area contributed by atoms with E-state index in [0.717, 1.165) is 50.0 Å². The molecule has 0 unspecified atom stereocenters. The highest BCUT2D eigenvalue weighted by atomic mass is 19.4. The summed E-state index contributed by atoms with van der Waals surface area (Å²) < 4.78 is 95.9. The van der Waals surface area contributed by atoms with E-state index >= 15 is 0 Å². The number of benzene rings is 2. The molecule has 2 aromatic heterocycles. The maximum atomic E-state index is 14.3. The Hall–Kier alpha value is -3.87. The second-order valence-corrected chi connectivity index (χ2v) is 11.1. The zero-order chi connectivity index (χ0) is 30.4. The van der Waals surface area contributed by atoms with Crippen LogP contribution in [0, 0.1) is 5.82 Å². The SMILES string of the molecule is Fc1ccc(-c2cnc(C3CCN(c4ccc(-c5cnc(C6CCNCC6)[nH]5)cc4C(F)(F)F)CC3)[nH]2)cc1C(F)(F)F. The quantitative estimate of drug-likeness (QED) is 0.206. The molecule has 0 saturated carbocycles. The van der Waals surface area contributed by atoms with E-state index in [2.05, 4.69) is 25.3 Å². The average Bonchev–Trinajstić information content (AvgIpc) is 3.68. The van der Waals surface area contributed by atoms with Crippen molar-refractivity contribution >= 4 is 5.69 Å². The number of hydrogen-bond donors (Lipinski definition) is 3. The van der Waals surface area contributed by atoms with Crippen molar-refractivity contribution in [1.29, 1.82) is 0 Å². The van der Waals surface area contributed by atoms with Crippen molar-refractivity contribution in [2.24, 2.45) is 0 Å². The Morgan fingerprint density at radius 1 is 0.674 bits per heavy atom. The Kier molecular flexibility index (Phi) is 7.69. The van der Waals surface area contributed by atoms with Crippen LogP contribution in [0.5, 0.6) is 0 Å². The number of alkyl halides is 6. The van der Waals surface area contributed by atoms with E-state index in [0.29, 0.717) is 48.7 Å². The lowest BCUT2D eigenvalue weighted by Crippen LogP contribution is -2.34. The van der Waals surface area contributed by atoms with Gasteiger partial charge in [-0.1, -0.05) is 6.07 Å². The normalized spacial score (nSPS) is 17.5. The third kappa shape index (κ3) is 6.13. The molecule has 4 aromatic rings. The molecule has 6 rings (SSSR count). The lowest BCUT2D eigenvalue weighted by Gasteiger charge is -2.34. The first-order chi connectivity index (χ1) is 20.5. The number of aromatic nitrogens is 4. The van der Waals surface area contributed by atoms with Crippen molar-refractivity contribution in [2.45, 2.75) is 49.9 Å². The molecule has 2 saturated heterocycles. The molecule has 228 valence electrons. The fourth-order valence-electron chi connectivity index (χ4n) is 5.99. The predicted molar refractivity (Wildman–Crippen MR) is 147 cm³/mol. The van der Waals surface area contributed by atoms with Crippen LogP contribution < -0.4 is 10.2 Å². The number of hydrogen-bond acceptors (Lipinski definition) is 4. The molecule has 2 aromatic carbocycles. The highest BCUT2D eigenvalue weighted by Gasteiger charge is 2.37. The third-order valence-electron chi connectivity index (χ3n) is 8.33. The maximum Gasteiger partial charge on any atom is 0.419 e. The molecular weight excluding hydrogens is 577 g/mol. The molecule has 2 fully saturated rings. The van der Waals surface area contributed by atoms with Crippen LogP contribution >= 0.6 is 0 Å². The first kappa shape index (κ1) is 29.2. The number of anilines is 1. The average molecular weight is 607 g/mol. The topological polar surface area (TPSA) is 72.6 Å². The molecule has 3 N–H and O–H groups in total. The highest BCUT2D eigenvalue weighted by molar-refractivity contribution is 5.67. The minimum absolute atomic E-state index is 0.0962. The number of imidazole rings is 2. The number of nitrogens with zero attached hydrogens (tertiary/aromatic N) is 3. The smallest absolute Gasteiger partial charge is 0.371 e. The van der Waals surface area contributed by atoms with Crippen LogP contribution in [-0.2, 0) is 12.4 Å². The number of piperidine rings is 2. The predicted octanol–water partition coefficient (Wildman–Crippen LogP) is 7.49. The first-order valence-corrected chi connectivity index (χ1v) is 14.1. The minimum Gasteiger partial charge on any atom is -0.371 e. The van der Waals surface area contributed by atoms with Crippen LogP contribution in [0.1, 0.15) is 60.3 Å². The summed E-state index contributed by atoms with van der Waals surface area (Å²) in [4.78, 5) is 16.7. The van der Waals surface area contributed by atoms with E-state index in [4.69, 9.17) is 0 Å². The molecule has 2 aliphatic heterocycles. The molecule has 0 bridgehead atoms. The molecular formula is C30H29F7N6. The summed E-state index contributed by atoms with van der Waals surface area (Å²) in [6.45, 7) is 2.43. The summed E-state index contributed by atoms with van der Waals surface area (Å²) in [5.41, 5.74) is -0.592. The van der Waals surface area contributed by atoms with Gasteiger partial charge in [0.15, 0.2) is 0 Å². The van der Waals surface area contributed by atoms with Gasteiger partial charge < -0.3 is 20.2 Å². The highest BCUT2D eigenvalue weighted by Crippen LogP contribution is 2.41. The van der Waals surface area contributed by atoms with E-state index in [-0.39, 0.29) is 23.1 Å². The molecule has 0 amide bonds. The summed E-state index contributed by atoms with van der Waals surface area (Å²) in [6.07, 6.45) is -3.61. The van der Waals surface area contributed by atoms with Gasteiger partial charge in [-0.25, -0.2) is 14.4 Å². The van der Waals surface area contributed by atoms with Crippen molar-refractivity contribution in [3.63, 3.8) is 0 Å².